The molecular formula is C10H11BrClF3N2. The summed E-state index contributed by atoms with van der Waals surface area (Å²) in [6, 6.07) is 3.81. The Morgan fingerprint density at radius 1 is 1.24 bits per heavy atom. The van der Waals surface area contributed by atoms with Crippen molar-refractivity contribution in [2.45, 2.75) is 11.7 Å². The summed E-state index contributed by atoms with van der Waals surface area (Å²) in [5, 5.41) is 2.96. The Kier molecular flexibility index (Phi) is 4.13. The molecule has 0 radical (unpaired) electrons. The van der Waals surface area contributed by atoms with Gasteiger partial charge in [-0.2, -0.15) is 13.2 Å². The summed E-state index contributed by atoms with van der Waals surface area (Å²) in [6.45, 7) is 1.00. The molecule has 0 aromatic heterocycles. The van der Waals surface area contributed by atoms with Crippen molar-refractivity contribution in [1.82, 2.24) is 5.32 Å². The molecule has 96 valence electrons. The second-order valence-corrected chi connectivity index (χ2v) is 4.90. The van der Waals surface area contributed by atoms with Crippen LogP contribution in [0.1, 0.15) is 11.1 Å². The molecule has 17 heavy (non-hydrogen) atoms. The second-order valence-electron chi connectivity index (χ2n) is 3.99. The molecule has 1 fully saturated rings. The second kappa shape index (κ2) is 4.76. The summed E-state index contributed by atoms with van der Waals surface area (Å²) in [6.07, 6.45) is -4.34. The van der Waals surface area contributed by atoms with E-state index in [2.05, 4.69) is 21.2 Å². The van der Waals surface area contributed by atoms with Crippen molar-refractivity contribution in [1.29, 1.82) is 0 Å². The minimum atomic E-state index is -4.34. The minimum absolute atomic E-state index is 0. The minimum Gasteiger partial charge on any atom is -0.319 e. The fourth-order valence-electron chi connectivity index (χ4n) is 1.64. The van der Waals surface area contributed by atoms with Crippen LogP contribution in [-0.4, -0.2) is 13.1 Å². The third kappa shape index (κ3) is 2.93. The summed E-state index contributed by atoms with van der Waals surface area (Å²) in [7, 11) is 0. The van der Waals surface area contributed by atoms with Crippen LogP contribution in [0.15, 0.2) is 22.7 Å². The number of benzene rings is 1. The van der Waals surface area contributed by atoms with Crippen LogP contribution < -0.4 is 11.1 Å². The highest BCUT2D eigenvalue weighted by molar-refractivity contribution is 9.10. The normalized spacial score (nSPS) is 18.2. The molecule has 0 saturated carbocycles. The Morgan fingerprint density at radius 3 is 2.24 bits per heavy atom. The van der Waals surface area contributed by atoms with Gasteiger partial charge in [-0.15, -0.1) is 12.4 Å². The Labute approximate surface area is 111 Å². The lowest BCUT2D eigenvalue weighted by Crippen LogP contribution is -2.62. The number of nitrogens with one attached hydrogen (secondary N) is 1. The number of hydrogen-bond donors (Lipinski definition) is 2. The van der Waals surface area contributed by atoms with Crippen LogP contribution in [0.3, 0.4) is 0 Å². The molecule has 1 saturated heterocycles. The van der Waals surface area contributed by atoms with E-state index in [1.807, 2.05) is 0 Å². The number of hydrogen-bond acceptors (Lipinski definition) is 2. The summed E-state index contributed by atoms with van der Waals surface area (Å²) in [4.78, 5) is 0. The Hall–Kier alpha value is -0.300. The van der Waals surface area contributed by atoms with Gasteiger partial charge >= 0.3 is 6.18 Å². The smallest absolute Gasteiger partial charge is 0.319 e. The summed E-state index contributed by atoms with van der Waals surface area (Å²) in [5.74, 6) is 0. The largest absolute Gasteiger partial charge is 0.416 e. The van der Waals surface area contributed by atoms with Crippen LogP contribution in [-0.2, 0) is 11.7 Å². The van der Waals surface area contributed by atoms with Gasteiger partial charge < -0.3 is 11.1 Å². The maximum absolute atomic E-state index is 12.6. The highest BCUT2D eigenvalue weighted by Gasteiger charge is 2.37. The Bertz CT molecular complexity index is 419. The molecule has 7 heteroatoms. The lowest BCUT2D eigenvalue weighted by molar-refractivity contribution is -0.137. The predicted molar refractivity (Wildman–Crippen MR) is 65.1 cm³/mol. The van der Waals surface area contributed by atoms with Crippen LogP contribution in [0.2, 0.25) is 0 Å². The SMILES string of the molecule is Cl.NC1(c2cc(Br)cc(C(F)(F)F)c2)CNC1. The molecule has 0 aliphatic carbocycles. The predicted octanol–water partition coefficient (Wildman–Crippen LogP) is 2.65. The third-order valence-electron chi connectivity index (χ3n) is 2.68. The van der Waals surface area contributed by atoms with E-state index in [-0.39, 0.29) is 12.4 Å². The van der Waals surface area contributed by atoms with E-state index in [9.17, 15) is 13.2 Å². The lowest BCUT2D eigenvalue weighted by Gasteiger charge is -2.39. The van der Waals surface area contributed by atoms with Crippen LogP contribution in [0.5, 0.6) is 0 Å². The first-order chi connectivity index (χ1) is 7.31. The molecule has 0 bridgehead atoms. The summed E-state index contributed by atoms with van der Waals surface area (Å²) < 4.78 is 38.1. The first-order valence-corrected chi connectivity index (χ1v) is 5.48. The lowest BCUT2D eigenvalue weighted by atomic mass is 9.84. The zero-order valence-corrected chi connectivity index (χ0v) is 11.0. The van der Waals surface area contributed by atoms with Crippen LogP contribution in [0.25, 0.3) is 0 Å². The molecule has 3 N–H and O–H groups in total. The van der Waals surface area contributed by atoms with Crippen molar-refractivity contribution in [3.8, 4) is 0 Å². The molecule has 0 unspecified atom stereocenters. The van der Waals surface area contributed by atoms with Gasteiger partial charge in [-0.25, -0.2) is 0 Å². The van der Waals surface area contributed by atoms with E-state index in [4.69, 9.17) is 5.73 Å². The number of halogens is 5. The summed E-state index contributed by atoms with van der Waals surface area (Å²) >= 11 is 3.08. The van der Waals surface area contributed by atoms with Gasteiger partial charge in [0.15, 0.2) is 0 Å². The van der Waals surface area contributed by atoms with Crippen molar-refractivity contribution < 1.29 is 13.2 Å². The monoisotopic (exact) mass is 330 g/mol. The van der Waals surface area contributed by atoms with Crippen LogP contribution >= 0.6 is 28.3 Å². The fourth-order valence-corrected chi connectivity index (χ4v) is 2.13. The van der Waals surface area contributed by atoms with Crippen molar-refractivity contribution in [3.05, 3.63) is 33.8 Å². The maximum Gasteiger partial charge on any atom is 0.416 e. The zero-order valence-electron chi connectivity index (χ0n) is 8.64. The number of rotatable bonds is 1. The average molecular weight is 332 g/mol. The van der Waals surface area contributed by atoms with E-state index in [0.29, 0.717) is 23.1 Å². The van der Waals surface area contributed by atoms with Gasteiger partial charge in [0.2, 0.25) is 0 Å². The van der Waals surface area contributed by atoms with Gasteiger partial charge in [0.25, 0.3) is 0 Å². The molecule has 0 spiro atoms. The van der Waals surface area contributed by atoms with E-state index in [1.54, 1.807) is 6.07 Å². The number of nitrogens with two attached hydrogens (primary N) is 1. The van der Waals surface area contributed by atoms with E-state index < -0.39 is 17.3 Å². The molecule has 2 nitrogen and oxygen atoms in total. The molecule has 1 aromatic carbocycles. The van der Waals surface area contributed by atoms with E-state index >= 15 is 0 Å². The van der Waals surface area contributed by atoms with Crippen LogP contribution in [0, 0.1) is 0 Å². The molecule has 1 aromatic rings. The molecule has 1 aliphatic heterocycles. The molecule has 1 heterocycles. The summed E-state index contributed by atoms with van der Waals surface area (Å²) in [5.41, 5.74) is 5.11. The van der Waals surface area contributed by atoms with Crippen molar-refractivity contribution in [3.63, 3.8) is 0 Å². The molecule has 1 aliphatic rings. The van der Waals surface area contributed by atoms with Gasteiger partial charge in [0.1, 0.15) is 0 Å². The first-order valence-electron chi connectivity index (χ1n) is 4.69. The van der Waals surface area contributed by atoms with Crippen LogP contribution in [0.4, 0.5) is 13.2 Å². The van der Waals surface area contributed by atoms with Gasteiger partial charge in [-0.05, 0) is 23.8 Å². The fraction of sp³-hybridized carbons (Fsp3) is 0.400. The van der Waals surface area contributed by atoms with Crippen molar-refractivity contribution in [2.24, 2.45) is 5.73 Å². The highest BCUT2D eigenvalue weighted by atomic mass is 79.9. The average Bonchev–Trinajstić information content (AvgIpc) is 2.11. The van der Waals surface area contributed by atoms with E-state index in [1.165, 1.54) is 0 Å². The van der Waals surface area contributed by atoms with E-state index in [0.717, 1.165) is 12.1 Å². The van der Waals surface area contributed by atoms with Crippen molar-refractivity contribution in [2.75, 3.05) is 13.1 Å². The standard InChI is InChI=1S/C10H10BrF3N2.ClH/c11-8-2-6(9(15)4-16-5-9)1-7(3-8)10(12,13)14;/h1-3,16H,4-5,15H2;1H. The van der Waals surface area contributed by atoms with Crippen molar-refractivity contribution >= 4 is 28.3 Å². The van der Waals surface area contributed by atoms with Gasteiger partial charge in [-0.1, -0.05) is 15.9 Å². The zero-order chi connectivity index (χ0) is 12.0. The molecule has 0 amide bonds. The number of alkyl halides is 3. The molecule has 2 rings (SSSR count). The Morgan fingerprint density at radius 2 is 1.82 bits per heavy atom. The quantitative estimate of drug-likeness (QED) is 0.830. The van der Waals surface area contributed by atoms with Gasteiger partial charge in [0, 0.05) is 17.6 Å². The van der Waals surface area contributed by atoms with Gasteiger partial charge in [0.05, 0.1) is 11.1 Å². The molecular weight excluding hydrogens is 320 g/mol. The highest BCUT2D eigenvalue weighted by Crippen LogP contribution is 2.35. The topological polar surface area (TPSA) is 38.0 Å². The Balaban J connectivity index is 0.00000144. The first kappa shape index (κ1) is 14.8. The maximum atomic E-state index is 12.6. The third-order valence-corrected chi connectivity index (χ3v) is 3.14. The molecule has 0 atom stereocenters. The van der Waals surface area contributed by atoms with Gasteiger partial charge in [-0.3, -0.25) is 0 Å².